The molecule has 0 radical (unpaired) electrons. The van der Waals surface area contributed by atoms with E-state index in [0.717, 1.165) is 11.3 Å². The Labute approximate surface area is 228 Å². The Bertz CT molecular complexity index is 1580. The molecule has 0 unspecified atom stereocenters. The standard InChI is InChI=1S/C25H33N5O5S3/c1-15(31)28-17-9-11-19(22(13-17)38(34,35)30-25(5,6)7)23-27-14-20(36-23)18-10-8-16(26)12-21(18)37(32,33)29-24(2,3)4/h8-14,29-30H,26H2,1-7H3,(H,28,31). The third-order valence-electron chi connectivity index (χ3n) is 4.77. The van der Waals surface area contributed by atoms with Crippen molar-refractivity contribution < 1.29 is 21.6 Å². The van der Waals surface area contributed by atoms with E-state index in [1.54, 1.807) is 65.8 Å². The molecule has 206 valence electrons. The van der Waals surface area contributed by atoms with Gasteiger partial charge in [-0.25, -0.2) is 31.3 Å². The zero-order valence-corrected chi connectivity index (χ0v) is 24.8. The molecule has 0 fully saturated rings. The SMILES string of the molecule is CC(=O)Nc1ccc(-c2ncc(-c3ccc(N)cc3S(=O)(=O)NC(C)(C)C)s2)c(S(=O)(=O)NC(C)(C)C)c1. The first-order valence-electron chi connectivity index (χ1n) is 11.6. The Morgan fingerprint density at radius 3 is 1.89 bits per heavy atom. The second kappa shape index (κ2) is 10.4. The smallest absolute Gasteiger partial charge is 0.241 e. The predicted octanol–water partition coefficient (Wildman–Crippen LogP) is 4.17. The summed E-state index contributed by atoms with van der Waals surface area (Å²) in [7, 11) is -7.97. The van der Waals surface area contributed by atoms with Crippen LogP contribution in [-0.2, 0) is 24.8 Å². The van der Waals surface area contributed by atoms with Gasteiger partial charge in [-0.3, -0.25) is 4.79 Å². The van der Waals surface area contributed by atoms with E-state index in [9.17, 15) is 21.6 Å². The molecule has 0 bridgehead atoms. The molecule has 0 aliphatic carbocycles. The van der Waals surface area contributed by atoms with Crippen molar-refractivity contribution in [1.82, 2.24) is 14.4 Å². The highest BCUT2D eigenvalue weighted by molar-refractivity contribution is 7.90. The number of nitrogens with two attached hydrogens (primary N) is 1. The van der Waals surface area contributed by atoms with Crippen molar-refractivity contribution in [3.8, 4) is 21.0 Å². The normalized spacial score (nSPS) is 12.9. The van der Waals surface area contributed by atoms with Crippen molar-refractivity contribution in [2.75, 3.05) is 11.1 Å². The Balaban J connectivity index is 2.18. The van der Waals surface area contributed by atoms with Crippen LogP contribution in [0, 0.1) is 0 Å². The molecule has 2 aromatic carbocycles. The molecule has 10 nitrogen and oxygen atoms in total. The van der Waals surface area contributed by atoms with Crippen molar-refractivity contribution in [1.29, 1.82) is 0 Å². The molecule has 5 N–H and O–H groups in total. The van der Waals surface area contributed by atoms with Crippen LogP contribution in [0.25, 0.3) is 21.0 Å². The summed E-state index contributed by atoms with van der Waals surface area (Å²) < 4.78 is 58.4. The van der Waals surface area contributed by atoms with Gasteiger partial charge in [-0.1, -0.05) is 6.07 Å². The number of aromatic nitrogens is 1. The topological polar surface area (TPSA) is 160 Å². The molecule has 1 heterocycles. The summed E-state index contributed by atoms with van der Waals surface area (Å²) >= 11 is 1.14. The van der Waals surface area contributed by atoms with Crippen molar-refractivity contribution >= 4 is 48.7 Å². The van der Waals surface area contributed by atoms with Crippen LogP contribution in [0.4, 0.5) is 11.4 Å². The summed E-state index contributed by atoms with van der Waals surface area (Å²) in [6.45, 7) is 11.7. The summed E-state index contributed by atoms with van der Waals surface area (Å²) in [5, 5.41) is 2.96. The van der Waals surface area contributed by atoms with Gasteiger partial charge in [0.15, 0.2) is 0 Å². The van der Waals surface area contributed by atoms with Gasteiger partial charge in [0.05, 0.1) is 14.7 Å². The van der Waals surface area contributed by atoms with Crippen LogP contribution in [-0.4, -0.2) is 38.8 Å². The molecule has 0 atom stereocenters. The second-order valence-electron chi connectivity index (χ2n) is 10.9. The quantitative estimate of drug-likeness (QED) is 0.306. The fourth-order valence-electron chi connectivity index (χ4n) is 3.61. The number of hydrogen-bond donors (Lipinski definition) is 4. The van der Waals surface area contributed by atoms with E-state index >= 15 is 0 Å². The number of amides is 1. The minimum Gasteiger partial charge on any atom is -0.399 e. The maximum atomic E-state index is 13.4. The van der Waals surface area contributed by atoms with Crippen LogP contribution in [0.15, 0.2) is 52.4 Å². The van der Waals surface area contributed by atoms with Crippen LogP contribution in [0.2, 0.25) is 0 Å². The highest BCUT2D eigenvalue weighted by atomic mass is 32.2. The lowest BCUT2D eigenvalue weighted by Crippen LogP contribution is -2.40. The molecule has 0 spiro atoms. The Morgan fingerprint density at radius 2 is 1.37 bits per heavy atom. The average Bonchev–Trinajstić information content (AvgIpc) is 3.19. The van der Waals surface area contributed by atoms with Gasteiger partial charge in [0.1, 0.15) is 5.01 Å². The van der Waals surface area contributed by atoms with E-state index in [0.29, 0.717) is 26.7 Å². The zero-order valence-electron chi connectivity index (χ0n) is 22.3. The number of anilines is 2. The first-order valence-corrected chi connectivity index (χ1v) is 15.4. The predicted molar refractivity (Wildman–Crippen MR) is 152 cm³/mol. The Hall–Kier alpha value is -2.84. The highest BCUT2D eigenvalue weighted by Crippen LogP contribution is 2.39. The van der Waals surface area contributed by atoms with Crippen LogP contribution >= 0.6 is 11.3 Å². The molecule has 0 aliphatic rings. The van der Waals surface area contributed by atoms with E-state index in [-0.39, 0.29) is 21.4 Å². The van der Waals surface area contributed by atoms with Crippen molar-refractivity contribution in [3.63, 3.8) is 0 Å². The van der Waals surface area contributed by atoms with E-state index < -0.39 is 31.1 Å². The van der Waals surface area contributed by atoms with Gasteiger partial charge in [0.25, 0.3) is 0 Å². The molecule has 38 heavy (non-hydrogen) atoms. The fraction of sp³-hybridized carbons (Fsp3) is 0.360. The van der Waals surface area contributed by atoms with Crippen LogP contribution in [0.1, 0.15) is 48.5 Å². The summed E-state index contributed by atoms with van der Waals surface area (Å²) in [5.41, 5.74) is 5.71. The number of thiazole rings is 1. The highest BCUT2D eigenvalue weighted by Gasteiger charge is 2.29. The Kier molecular flexibility index (Phi) is 8.11. The largest absolute Gasteiger partial charge is 0.399 e. The molecule has 3 rings (SSSR count). The van der Waals surface area contributed by atoms with Crippen LogP contribution < -0.4 is 20.5 Å². The number of carbonyl (C=O) groups is 1. The minimum atomic E-state index is -4.02. The molecular formula is C25H33N5O5S3. The third-order valence-corrected chi connectivity index (χ3v) is 9.43. The number of hydrogen-bond acceptors (Lipinski definition) is 8. The molecule has 1 aromatic heterocycles. The molecular weight excluding hydrogens is 547 g/mol. The minimum absolute atomic E-state index is 0.00845. The number of rotatable bonds is 7. The van der Waals surface area contributed by atoms with Crippen molar-refractivity contribution in [2.45, 2.75) is 69.3 Å². The lowest BCUT2D eigenvalue weighted by Gasteiger charge is -2.22. The Morgan fingerprint density at radius 1 is 0.842 bits per heavy atom. The summed E-state index contributed by atoms with van der Waals surface area (Å²) in [4.78, 5) is 16.5. The lowest BCUT2D eigenvalue weighted by atomic mass is 10.1. The summed E-state index contributed by atoms with van der Waals surface area (Å²) in [6, 6.07) is 9.10. The first kappa shape index (κ1) is 29.7. The number of sulfonamides is 2. The molecule has 3 aromatic rings. The van der Waals surface area contributed by atoms with Gasteiger partial charge >= 0.3 is 0 Å². The number of nitrogen functional groups attached to an aromatic ring is 1. The van der Waals surface area contributed by atoms with Crippen molar-refractivity contribution in [2.24, 2.45) is 0 Å². The monoisotopic (exact) mass is 579 g/mol. The molecule has 0 saturated heterocycles. The van der Waals surface area contributed by atoms with Gasteiger partial charge < -0.3 is 11.1 Å². The fourth-order valence-corrected chi connectivity index (χ4v) is 8.06. The van der Waals surface area contributed by atoms with E-state index in [4.69, 9.17) is 5.73 Å². The number of benzene rings is 2. The zero-order chi connectivity index (χ0) is 28.7. The first-order chi connectivity index (χ1) is 17.3. The maximum absolute atomic E-state index is 13.4. The number of nitrogens with one attached hydrogen (secondary N) is 3. The molecule has 0 saturated carbocycles. The average molecular weight is 580 g/mol. The van der Waals surface area contributed by atoms with E-state index in [1.165, 1.54) is 25.3 Å². The third kappa shape index (κ3) is 7.38. The molecule has 0 aliphatic heterocycles. The maximum Gasteiger partial charge on any atom is 0.241 e. The van der Waals surface area contributed by atoms with Gasteiger partial charge in [-0.15, -0.1) is 11.3 Å². The van der Waals surface area contributed by atoms with E-state index in [2.05, 4.69) is 19.7 Å². The van der Waals surface area contributed by atoms with Crippen molar-refractivity contribution in [3.05, 3.63) is 42.6 Å². The summed E-state index contributed by atoms with van der Waals surface area (Å²) in [6.07, 6.45) is 1.50. The number of carbonyl (C=O) groups excluding carboxylic acids is 1. The second-order valence-corrected chi connectivity index (χ2v) is 15.2. The van der Waals surface area contributed by atoms with Crippen LogP contribution in [0.3, 0.4) is 0 Å². The van der Waals surface area contributed by atoms with E-state index in [1.807, 2.05) is 0 Å². The van der Waals surface area contributed by atoms with Gasteiger partial charge in [0, 0.05) is 46.7 Å². The van der Waals surface area contributed by atoms with Gasteiger partial charge in [-0.05, 0) is 71.9 Å². The molecule has 13 heteroatoms. The molecule has 1 amide bonds. The summed E-state index contributed by atoms with van der Waals surface area (Å²) in [5.74, 6) is -0.345. The number of nitrogens with zero attached hydrogens (tertiary/aromatic N) is 1. The van der Waals surface area contributed by atoms with Gasteiger partial charge in [0.2, 0.25) is 26.0 Å². The van der Waals surface area contributed by atoms with Gasteiger partial charge in [-0.2, -0.15) is 0 Å². The lowest BCUT2D eigenvalue weighted by molar-refractivity contribution is -0.114. The van der Waals surface area contributed by atoms with Crippen LogP contribution in [0.5, 0.6) is 0 Å².